The van der Waals surface area contributed by atoms with Crippen LogP contribution in [-0.4, -0.2) is 45.0 Å². The molecule has 1 amide bonds. The number of amides is 1. The first-order valence-electron chi connectivity index (χ1n) is 12.7. The Morgan fingerprint density at radius 1 is 1.12 bits per heavy atom. The Balaban J connectivity index is 1.65. The molecule has 8 heteroatoms. The van der Waals surface area contributed by atoms with Gasteiger partial charge in [-0.3, -0.25) is 9.69 Å². The molecule has 3 aliphatic rings. The first-order valence-corrected chi connectivity index (χ1v) is 12.7. The molecule has 2 saturated carbocycles. The highest BCUT2D eigenvalue weighted by Crippen LogP contribution is 2.44. The second-order valence-corrected chi connectivity index (χ2v) is 10.3. The molecule has 1 aromatic heterocycles. The molecule has 0 saturated heterocycles. The Hall–Kier alpha value is -2.61. The molecule has 0 radical (unpaired) electrons. The number of fused-ring (bicyclic) bond motifs is 3. The molecule has 184 valence electrons. The summed E-state index contributed by atoms with van der Waals surface area (Å²) in [5, 5.41) is 21.1. The number of aromatic nitrogens is 2. The molecule has 5 rings (SSSR count). The third kappa shape index (κ3) is 3.85. The Bertz CT molecular complexity index is 1090. The first kappa shape index (κ1) is 23.1. The van der Waals surface area contributed by atoms with E-state index in [-0.39, 0.29) is 30.0 Å². The van der Waals surface area contributed by atoms with Crippen LogP contribution in [0, 0.1) is 11.8 Å². The Morgan fingerprint density at radius 3 is 2.59 bits per heavy atom. The largest absolute Gasteiger partial charge is 0.481 e. The number of aliphatic hydroxyl groups is 1. The molecule has 2 N–H and O–H groups in total. The standard InChI is InChI=1S/C26H35N3O5/c1-15-10-11-19-20(28(15)26(33)34-2)12-13-21-22(19)27-24(23(30)16-6-3-4-7-16)29(21)18-9-5-8-17(14-18)25(31)32/h12-13,15-18,23,30H,3-11,14H2,1-2H3,(H,31,32)/t15-,17?,18?,23?/m0/s1. The first-order chi connectivity index (χ1) is 16.4. The van der Waals surface area contributed by atoms with Crippen molar-refractivity contribution in [1.29, 1.82) is 0 Å². The average Bonchev–Trinajstić information content (AvgIpc) is 3.51. The van der Waals surface area contributed by atoms with Crippen LogP contribution in [0.15, 0.2) is 12.1 Å². The highest BCUT2D eigenvalue weighted by Gasteiger charge is 2.37. The van der Waals surface area contributed by atoms with E-state index in [0.29, 0.717) is 18.7 Å². The van der Waals surface area contributed by atoms with E-state index in [1.807, 2.05) is 19.1 Å². The van der Waals surface area contributed by atoms with E-state index in [4.69, 9.17) is 9.72 Å². The molecule has 1 aliphatic heterocycles. The molecule has 0 bridgehead atoms. The lowest BCUT2D eigenvalue weighted by molar-refractivity contribution is -0.143. The molecule has 2 fully saturated rings. The van der Waals surface area contributed by atoms with Gasteiger partial charge in [0.15, 0.2) is 0 Å². The van der Waals surface area contributed by atoms with Crippen molar-refractivity contribution in [1.82, 2.24) is 9.55 Å². The van der Waals surface area contributed by atoms with Crippen LogP contribution in [0.1, 0.15) is 88.2 Å². The smallest absolute Gasteiger partial charge is 0.414 e. The second-order valence-electron chi connectivity index (χ2n) is 10.3. The number of hydrogen-bond acceptors (Lipinski definition) is 5. The maximum Gasteiger partial charge on any atom is 0.414 e. The van der Waals surface area contributed by atoms with Crippen LogP contribution < -0.4 is 4.90 Å². The fourth-order valence-corrected chi connectivity index (χ4v) is 6.49. The predicted molar refractivity (Wildman–Crippen MR) is 128 cm³/mol. The van der Waals surface area contributed by atoms with Gasteiger partial charge in [0.1, 0.15) is 11.9 Å². The van der Waals surface area contributed by atoms with Crippen molar-refractivity contribution in [2.75, 3.05) is 12.0 Å². The number of imidazole rings is 1. The molecule has 2 aromatic rings. The second kappa shape index (κ2) is 9.21. The third-order valence-electron chi connectivity index (χ3n) is 8.32. The average molecular weight is 470 g/mol. The molecule has 34 heavy (non-hydrogen) atoms. The maximum absolute atomic E-state index is 12.6. The van der Waals surface area contributed by atoms with Crippen molar-refractivity contribution < 1.29 is 24.5 Å². The molecule has 0 spiro atoms. The van der Waals surface area contributed by atoms with Crippen molar-refractivity contribution in [3.05, 3.63) is 23.5 Å². The Kier molecular flexibility index (Phi) is 6.27. The molecule has 8 nitrogen and oxygen atoms in total. The lowest BCUT2D eigenvalue weighted by Crippen LogP contribution is -2.42. The van der Waals surface area contributed by atoms with Crippen LogP contribution >= 0.6 is 0 Å². The van der Waals surface area contributed by atoms with Gasteiger partial charge in [0.05, 0.1) is 29.7 Å². The predicted octanol–water partition coefficient (Wildman–Crippen LogP) is 4.98. The summed E-state index contributed by atoms with van der Waals surface area (Å²) in [6.07, 6.45) is 7.72. The number of aliphatic carboxylic acids is 1. The minimum Gasteiger partial charge on any atom is -0.481 e. The van der Waals surface area contributed by atoms with Gasteiger partial charge < -0.3 is 19.5 Å². The number of aliphatic hydroxyl groups excluding tert-OH is 1. The quantitative estimate of drug-likeness (QED) is 0.654. The number of rotatable bonds is 4. The van der Waals surface area contributed by atoms with E-state index >= 15 is 0 Å². The number of nitrogens with zero attached hydrogens (tertiary/aromatic N) is 3. The van der Waals surface area contributed by atoms with Gasteiger partial charge in [0, 0.05) is 17.6 Å². The molecular formula is C26H35N3O5. The van der Waals surface area contributed by atoms with E-state index < -0.39 is 12.1 Å². The van der Waals surface area contributed by atoms with E-state index in [2.05, 4.69) is 4.57 Å². The molecule has 2 heterocycles. The van der Waals surface area contributed by atoms with Crippen molar-refractivity contribution in [2.45, 2.75) is 89.3 Å². The monoisotopic (exact) mass is 469 g/mol. The SMILES string of the molecule is COC(=O)N1c2ccc3c(nc(C(O)C4CCCC4)n3C3CCCC(C(=O)O)C3)c2CC[C@@H]1C. The molecule has 1 aromatic carbocycles. The fraction of sp³-hybridized carbons (Fsp3) is 0.654. The van der Waals surface area contributed by atoms with Gasteiger partial charge in [-0.15, -0.1) is 0 Å². The lowest BCUT2D eigenvalue weighted by Gasteiger charge is -2.34. The van der Waals surface area contributed by atoms with Crippen LogP contribution in [0.4, 0.5) is 10.5 Å². The van der Waals surface area contributed by atoms with Crippen LogP contribution in [-0.2, 0) is 16.0 Å². The number of anilines is 1. The summed E-state index contributed by atoms with van der Waals surface area (Å²) >= 11 is 0. The number of methoxy groups -OCH3 is 1. The Labute approximate surface area is 199 Å². The highest BCUT2D eigenvalue weighted by atomic mass is 16.5. The summed E-state index contributed by atoms with van der Waals surface area (Å²) in [6.45, 7) is 2.02. The van der Waals surface area contributed by atoms with Crippen LogP contribution in [0.3, 0.4) is 0 Å². The molecule has 2 aliphatic carbocycles. The van der Waals surface area contributed by atoms with Crippen molar-refractivity contribution in [3.8, 4) is 0 Å². The molecule has 3 unspecified atom stereocenters. The highest BCUT2D eigenvalue weighted by molar-refractivity contribution is 5.95. The number of carbonyl (C=O) groups is 2. The summed E-state index contributed by atoms with van der Waals surface area (Å²) in [6, 6.07) is 3.97. The van der Waals surface area contributed by atoms with Crippen molar-refractivity contribution in [2.24, 2.45) is 11.8 Å². The maximum atomic E-state index is 12.6. The number of benzene rings is 1. The van der Waals surface area contributed by atoms with E-state index in [1.54, 1.807) is 4.90 Å². The number of hydrogen-bond donors (Lipinski definition) is 2. The van der Waals surface area contributed by atoms with Crippen molar-refractivity contribution in [3.63, 3.8) is 0 Å². The van der Waals surface area contributed by atoms with Gasteiger partial charge >= 0.3 is 12.1 Å². The summed E-state index contributed by atoms with van der Waals surface area (Å²) in [4.78, 5) is 31.1. The van der Waals surface area contributed by atoms with Crippen LogP contribution in [0.2, 0.25) is 0 Å². The van der Waals surface area contributed by atoms with E-state index in [9.17, 15) is 19.8 Å². The van der Waals surface area contributed by atoms with Gasteiger partial charge in [-0.25, -0.2) is 9.78 Å². The normalized spacial score (nSPS) is 26.4. The summed E-state index contributed by atoms with van der Waals surface area (Å²) in [7, 11) is 1.40. The number of ether oxygens (including phenoxy) is 1. The van der Waals surface area contributed by atoms with Crippen LogP contribution in [0.25, 0.3) is 11.0 Å². The van der Waals surface area contributed by atoms with Crippen LogP contribution in [0.5, 0.6) is 0 Å². The van der Waals surface area contributed by atoms with Crippen molar-refractivity contribution >= 4 is 28.8 Å². The van der Waals surface area contributed by atoms with E-state index in [0.717, 1.165) is 73.7 Å². The fourth-order valence-electron chi connectivity index (χ4n) is 6.49. The van der Waals surface area contributed by atoms with E-state index in [1.165, 1.54) is 7.11 Å². The van der Waals surface area contributed by atoms with Gasteiger partial charge in [-0.1, -0.05) is 19.3 Å². The molecule has 4 atom stereocenters. The zero-order valence-corrected chi connectivity index (χ0v) is 20.1. The number of carboxylic acids is 1. The summed E-state index contributed by atoms with van der Waals surface area (Å²) in [5.74, 6) is -0.278. The minimum atomic E-state index is -0.743. The number of carboxylic acid groups (broad SMARTS) is 1. The summed E-state index contributed by atoms with van der Waals surface area (Å²) < 4.78 is 7.21. The topological polar surface area (TPSA) is 105 Å². The number of carbonyl (C=O) groups excluding carboxylic acids is 1. The number of aryl methyl sites for hydroxylation is 1. The lowest BCUT2D eigenvalue weighted by atomic mass is 9.85. The van der Waals surface area contributed by atoms with Gasteiger partial charge in [0.2, 0.25) is 0 Å². The Morgan fingerprint density at radius 2 is 1.88 bits per heavy atom. The van der Waals surface area contributed by atoms with Gasteiger partial charge in [-0.05, 0) is 69.9 Å². The zero-order valence-electron chi connectivity index (χ0n) is 20.1. The third-order valence-corrected chi connectivity index (χ3v) is 8.32. The summed E-state index contributed by atoms with van der Waals surface area (Å²) in [5.41, 5.74) is 3.57. The zero-order chi connectivity index (χ0) is 24.0. The molecular weight excluding hydrogens is 434 g/mol. The van der Waals surface area contributed by atoms with Gasteiger partial charge in [-0.2, -0.15) is 0 Å². The van der Waals surface area contributed by atoms with Gasteiger partial charge in [0.25, 0.3) is 0 Å². The minimum absolute atomic E-state index is 0.0109.